The molecule has 0 bridgehead atoms. The van der Waals surface area contributed by atoms with Crippen molar-refractivity contribution in [1.82, 2.24) is 0 Å². The van der Waals surface area contributed by atoms with Gasteiger partial charge in [0.1, 0.15) is 0 Å². The van der Waals surface area contributed by atoms with Gasteiger partial charge in [-0.25, -0.2) is 4.85 Å². The van der Waals surface area contributed by atoms with Crippen LogP contribution in [-0.2, 0) is 0 Å². The van der Waals surface area contributed by atoms with E-state index in [4.69, 9.17) is 6.57 Å². The number of hydrogen-bond acceptors (Lipinski definition) is 3. The Morgan fingerprint density at radius 3 is 1.95 bits per heavy atom. The predicted octanol–water partition coefficient (Wildman–Crippen LogP) is 12.7. The molecule has 0 fully saturated rings. The average Bonchev–Trinajstić information content (AvgIpc) is 3.63. The standard InChI is InChI=1S/C39H22N2S2/c1-40-27-13-18-38-34(21-27)32-17-12-25-11-15-29(22-33(25)39(32)43-38)41(28-14-10-24-6-2-3-7-26(24)20-28)30-16-19-37-35(23-30)31-8-4-5-9-36(31)42-37/h2-23H. The van der Waals surface area contributed by atoms with Crippen molar-refractivity contribution in [2.24, 2.45) is 0 Å². The molecule has 43 heavy (non-hydrogen) atoms. The summed E-state index contributed by atoms with van der Waals surface area (Å²) < 4.78 is 5.08. The lowest BCUT2D eigenvalue weighted by molar-refractivity contribution is 1.30. The molecule has 0 spiro atoms. The minimum atomic E-state index is 0.680. The smallest absolute Gasteiger partial charge is 0.187 e. The molecule has 0 saturated carbocycles. The molecule has 0 aliphatic carbocycles. The number of rotatable bonds is 3. The summed E-state index contributed by atoms with van der Waals surface area (Å²) in [5, 5.41) is 9.84. The van der Waals surface area contributed by atoms with E-state index in [1.54, 1.807) is 0 Å². The van der Waals surface area contributed by atoms with E-state index in [9.17, 15) is 0 Å². The SMILES string of the molecule is [C-]#[N+]c1ccc2sc3c4cc(N(c5ccc6ccccc6c5)c5ccc6sc7ccccc7c6c5)ccc4ccc3c2c1. The van der Waals surface area contributed by atoms with E-state index in [1.165, 1.54) is 56.5 Å². The molecule has 0 amide bonds. The first-order chi connectivity index (χ1) is 21.2. The van der Waals surface area contributed by atoms with E-state index in [0.717, 1.165) is 22.4 Å². The molecule has 0 unspecified atom stereocenters. The molecule has 0 aliphatic rings. The molecule has 2 heterocycles. The van der Waals surface area contributed by atoms with Gasteiger partial charge >= 0.3 is 0 Å². The highest BCUT2D eigenvalue weighted by atomic mass is 32.1. The summed E-state index contributed by atoms with van der Waals surface area (Å²) in [6, 6.07) is 48.1. The van der Waals surface area contributed by atoms with Crippen LogP contribution in [0.5, 0.6) is 0 Å². The zero-order valence-electron chi connectivity index (χ0n) is 22.9. The molecule has 2 aromatic heterocycles. The van der Waals surface area contributed by atoms with Gasteiger partial charge in [-0.15, -0.1) is 22.7 Å². The fraction of sp³-hybridized carbons (Fsp3) is 0. The first-order valence-electron chi connectivity index (χ1n) is 14.2. The molecular formula is C39H22N2S2. The van der Waals surface area contributed by atoms with Gasteiger partial charge in [0.05, 0.1) is 6.57 Å². The lowest BCUT2D eigenvalue weighted by Gasteiger charge is -2.26. The Labute approximate surface area is 256 Å². The number of fused-ring (bicyclic) bond motifs is 9. The van der Waals surface area contributed by atoms with Crippen LogP contribution >= 0.6 is 22.7 Å². The number of thiophene rings is 2. The average molecular weight is 583 g/mol. The van der Waals surface area contributed by atoms with Crippen LogP contribution in [0.1, 0.15) is 0 Å². The third-order valence-electron chi connectivity index (χ3n) is 8.42. The quantitative estimate of drug-likeness (QED) is 0.188. The normalized spacial score (nSPS) is 11.7. The Bertz CT molecular complexity index is 2600. The molecule has 9 rings (SSSR count). The highest BCUT2D eigenvalue weighted by molar-refractivity contribution is 7.26. The van der Waals surface area contributed by atoms with Crippen LogP contribution in [0.25, 0.3) is 66.7 Å². The maximum Gasteiger partial charge on any atom is 0.187 e. The van der Waals surface area contributed by atoms with Crippen LogP contribution in [0.15, 0.2) is 133 Å². The summed E-state index contributed by atoms with van der Waals surface area (Å²) >= 11 is 3.66. The third-order valence-corrected chi connectivity index (χ3v) is 10.8. The van der Waals surface area contributed by atoms with Gasteiger partial charge in [-0.05, 0) is 81.5 Å². The summed E-state index contributed by atoms with van der Waals surface area (Å²) in [6.45, 7) is 7.51. The van der Waals surface area contributed by atoms with Crippen LogP contribution < -0.4 is 4.90 Å². The fourth-order valence-electron chi connectivity index (χ4n) is 6.35. The number of anilines is 3. The summed E-state index contributed by atoms with van der Waals surface area (Å²) in [5.41, 5.74) is 4.06. The van der Waals surface area contributed by atoms with Gasteiger partial charge in [0.15, 0.2) is 5.69 Å². The highest BCUT2D eigenvalue weighted by Gasteiger charge is 2.17. The molecule has 0 radical (unpaired) electrons. The molecule has 0 saturated heterocycles. The Kier molecular flexibility index (Phi) is 5.34. The summed E-state index contributed by atoms with van der Waals surface area (Å²) in [5.74, 6) is 0. The molecule has 0 aliphatic heterocycles. The van der Waals surface area contributed by atoms with E-state index >= 15 is 0 Å². The van der Waals surface area contributed by atoms with Gasteiger partial charge in [0.2, 0.25) is 0 Å². The van der Waals surface area contributed by atoms with Gasteiger partial charge < -0.3 is 4.90 Å². The van der Waals surface area contributed by atoms with Gasteiger partial charge in [0.25, 0.3) is 0 Å². The zero-order valence-corrected chi connectivity index (χ0v) is 24.5. The Morgan fingerprint density at radius 2 is 1.07 bits per heavy atom. The topological polar surface area (TPSA) is 7.60 Å². The Balaban J connectivity index is 1.31. The molecule has 0 N–H and O–H groups in total. The van der Waals surface area contributed by atoms with Crippen molar-refractivity contribution in [3.05, 3.63) is 145 Å². The lowest BCUT2D eigenvalue weighted by Crippen LogP contribution is -2.09. The van der Waals surface area contributed by atoms with E-state index in [1.807, 2.05) is 34.8 Å². The second kappa shape index (κ2) is 9.40. The maximum absolute atomic E-state index is 7.51. The summed E-state index contributed by atoms with van der Waals surface area (Å²) in [6.07, 6.45) is 0. The number of hydrogen-bond donors (Lipinski definition) is 0. The molecular weight excluding hydrogens is 561 g/mol. The second-order valence-electron chi connectivity index (χ2n) is 10.9. The second-order valence-corrected chi connectivity index (χ2v) is 13.0. The van der Waals surface area contributed by atoms with Crippen LogP contribution in [0, 0.1) is 6.57 Å². The molecule has 4 heteroatoms. The van der Waals surface area contributed by atoms with Crippen molar-refractivity contribution in [3.63, 3.8) is 0 Å². The number of nitrogens with zero attached hydrogens (tertiary/aromatic N) is 2. The molecule has 0 atom stereocenters. The van der Waals surface area contributed by atoms with Crippen LogP contribution in [0.3, 0.4) is 0 Å². The zero-order chi connectivity index (χ0) is 28.5. The van der Waals surface area contributed by atoms with Crippen molar-refractivity contribution in [3.8, 4) is 0 Å². The van der Waals surface area contributed by atoms with Gasteiger partial charge in [-0.1, -0.05) is 78.9 Å². The minimum Gasteiger partial charge on any atom is -0.310 e. The molecule has 9 aromatic rings. The minimum absolute atomic E-state index is 0.680. The monoisotopic (exact) mass is 582 g/mol. The van der Waals surface area contributed by atoms with Crippen molar-refractivity contribution in [2.75, 3.05) is 4.90 Å². The largest absolute Gasteiger partial charge is 0.310 e. The van der Waals surface area contributed by atoms with Crippen LogP contribution in [0.4, 0.5) is 22.7 Å². The van der Waals surface area contributed by atoms with E-state index in [-0.39, 0.29) is 0 Å². The first kappa shape index (κ1) is 24.4. The van der Waals surface area contributed by atoms with E-state index in [0.29, 0.717) is 5.69 Å². The predicted molar refractivity (Wildman–Crippen MR) is 188 cm³/mol. The first-order valence-corrected chi connectivity index (χ1v) is 15.8. The van der Waals surface area contributed by atoms with Crippen molar-refractivity contribution in [1.29, 1.82) is 0 Å². The van der Waals surface area contributed by atoms with Gasteiger partial charge in [-0.3, -0.25) is 0 Å². The van der Waals surface area contributed by atoms with E-state index in [2.05, 4.69) is 131 Å². The Morgan fingerprint density at radius 1 is 0.442 bits per heavy atom. The van der Waals surface area contributed by atoms with E-state index < -0.39 is 0 Å². The summed E-state index contributed by atoms with van der Waals surface area (Å²) in [4.78, 5) is 6.07. The van der Waals surface area contributed by atoms with Crippen molar-refractivity contribution in [2.45, 2.75) is 0 Å². The van der Waals surface area contributed by atoms with Crippen LogP contribution in [-0.4, -0.2) is 0 Å². The molecule has 200 valence electrons. The highest BCUT2D eigenvalue weighted by Crippen LogP contribution is 2.44. The fourth-order valence-corrected chi connectivity index (χ4v) is 8.65. The Hall–Kier alpha value is -5.21. The van der Waals surface area contributed by atoms with Crippen LogP contribution in [0.2, 0.25) is 0 Å². The number of benzene rings is 7. The van der Waals surface area contributed by atoms with Crippen molar-refractivity contribution < 1.29 is 0 Å². The molecule has 7 aromatic carbocycles. The van der Waals surface area contributed by atoms with Gasteiger partial charge in [0, 0.05) is 52.0 Å². The summed E-state index contributed by atoms with van der Waals surface area (Å²) in [7, 11) is 0. The maximum atomic E-state index is 7.51. The molecule has 2 nitrogen and oxygen atoms in total. The van der Waals surface area contributed by atoms with Gasteiger partial charge in [-0.2, -0.15) is 0 Å². The van der Waals surface area contributed by atoms with Crippen molar-refractivity contribution >= 4 is 107 Å². The third kappa shape index (κ3) is 3.83. The lowest BCUT2D eigenvalue weighted by atomic mass is 10.0.